The van der Waals surface area contributed by atoms with Crippen molar-refractivity contribution >= 4 is 28.1 Å². The van der Waals surface area contributed by atoms with Gasteiger partial charge in [-0.25, -0.2) is 0 Å². The van der Waals surface area contributed by atoms with Crippen LogP contribution >= 0.6 is 11.3 Å². The molecule has 2 N–H and O–H groups in total. The second kappa shape index (κ2) is 5.14. The summed E-state index contributed by atoms with van der Waals surface area (Å²) in [6.45, 7) is 3.92. The molecule has 0 fully saturated rings. The number of nitrogens with one attached hydrogen (secondary N) is 2. The molecule has 0 aliphatic carbocycles. The summed E-state index contributed by atoms with van der Waals surface area (Å²) in [6.07, 6.45) is 0. The molecule has 0 bridgehead atoms. The first-order chi connectivity index (χ1) is 8.61. The van der Waals surface area contributed by atoms with Gasteiger partial charge in [-0.15, -0.1) is 10.2 Å². The van der Waals surface area contributed by atoms with E-state index >= 15 is 0 Å². The Hall–Kier alpha value is -1.95. The molecule has 0 aliphatic heterocycles. The number of aromatic nitrogens is 2. The molecule has 2 aromatic rings. The predicted molar refractivity (Wildman–Crippen MR) is 73.3 cm³/mol. The summed E-state index contributed by atoms with van der Waals surface area (Å²) in [4.78, 5) is 12.0. The summed E-state index contributed by atoms with van der Waals surface area (Å²) in [6, 6.07) is 5.88. The van der Waals surface area contributed by atoms with Crippen LogP contribution in [0.15, 0.2) is 18.2 Å². The van der Waals surface area contributed by atoms with Gasteiger partial charge >= 0.3 is 0 Å². The van der Waals surface area contributed by atoms with Crippen LogP contribution in [0.5, 0.6) is 0 Å². The summed E-state index contributed by atoms with van der Waals surface area (Å²) in [5.74, 6) is -0.230. The average molecular weight is 262 g/mol. The lowest BCUT2D eigenvalue weighted by atomic mass is 10.1. The maximum Gasteiger partial charge on any atom is 0.286 e. The largest absolute Gasteiger partial charge is 0.363 e. The fourth-order valence-electron chi connectivity index (χ4n) is 1.59. The van der Waals surface area contributed by atoms with Crippen LogP contribution < -0.4 is 10.6 Å². The van der Waals surface area contributed by atoms with Gasteiger partial charge in [0.2, 0.25) is 10.1 Å². The Balaban J connectivity index is 2.21. The molecule has 0 aliphatic rings. The van der Waals surface area contributed by atoms with Crippen molar-refractivity contribution in [3.8, 4) is 0 Å². The second-order valence-corrected chi connectivity index (χ2v) is 4.86. The zero-order chi connectivity index (χ0) is 13.1. The summed E-state index contributed by atoms with van der Waals surface area (Å²) in [5, 5.41) is 14.4. The molecule has 1 aromatic carbocycles. The zero-order valence-corrected chi connectivity index (χ0v) is 11.3. The van der Waals surface area contributed by atoms with Gasteiger partial charge in [-0.1, -0.05) is 29.5 Å². The summed E-state index contributed by atoms with van der Waals surface area (Å²) < 4.78 is 0. The van der Waals surface area contributed by atoms with Crippen molar-refractivity contribution in [3.63, 3.8) is 0 Å². The Morgan fingerprint density at radius 3 is 2.44 bits per heavy atom. The molecule has 0 saturated carbocycles. The SMILES string of the molecule is CNc1nnc(C(=O)Nc2c(C)cccc2C)s1. The van der Waals surface area contributed by atoms with Crippen molar-refractivity contribution in [1.82, 2.24) is 10.2 Å². The van der Waals surface area contributed by atoms with Gasteiger partial charge in [-0.3, -0.25) is 4.79 Å². The van der Waals surface area contributed by atoms with Crippen LogP contribution in [0, 0.1) is 13.8 Å². The molecule has 1 aromatic heterocycles. The van der Waals surface area contributed by atoms with Gasteiger partial charge in [0.05, 0.1) is 0 Å². The van der Waals surface area contributed by atoms with Crippen molar-refractivity contribution in [2.75, 3.05) is 17.7 Å². The number of amides is 1. The number of nitrogens with zero attached hydrogens (tertiary/aromatic N) is 2. The lowest BCUT2D eigenvalue weighted by Gasteiger charge is -2.09. The Morgan fingerprint density at radius 1 is 1.22 bits per heavy atom. The second-order valence-electron chi connectivity index (χ2n) is 3.88. The maximum atomic E-state index is 12.0. The molecule has 0 spiro atoms. The number of benzene rings is 1. The Kier molecular flexibility index (Phi) is 3.57. The van der Waals surface area contributed by atoms with Crippen molar-refractivity contribution in [3.05, 3.63) is 34.3 Å². The highest BCUT2D eigenvalue weighted by atomic mass is 32.1. The number of hydrogen-bond acceptors (Lipinski definition) is 5. The maximum absolute atomic E-state index is 12.0. The summed E-state index contributed by atoms with van der Waals surface area (Å²) in [5.41, 5.74) is 2.90. The van der Waals surface area contributed by atoms with E-state index in [2.05, 4.69) is 20.8 Å². The fraction of sp³-hybridized carbons (Fsp3) is 0.250. The molecule has 0 unspecified atom stereocenters. The standard InChI is InChI=1S/C12H14N4OS/c1-7-5-4-6-8(2)9(7)14-10(17)11-15-16-12(13-3)18-11/h4-6H,1-3H3,(H,13,16)(H,14,17). The number of carbonyl (C=O) groups is 1. The topological polar surface area (TPSA) is 66.9 Å². The lowest BCUT2D eigenvalue weighted by Crippen LogP contribution is -2.13. The van der Waals surface area contributed by atoms with E-state index in [-0.39, 0.29) is 5.91 Å². The van der Waals surface area contributed by atoms with E-state index in [1.54, 1.807) is 7.05 Å². The normalized spacial score (nSPS) is 10.2. The van der Waals surface area contributed by atoms with Crippen LogP contribution in [0.3, 0.4) is 0 Å². The summed E-state index contributed by atoms with van der Waals surface area (Å²) >= 11 is 1.23. The molecule has 1 heterocycles. The fourth-order valence-corrected chi connectivity index (χ4v) is 2.19. The van der Waals surface area contributed by atoms with Gasteiger partial charge in [0.15, 0.2) is 0 Å². The number of rotatable bonds is 3. The molecule has 2 rings (SSSR count). The lowest BCUT2D eigenvalue weighted by molar-refractivity contribution is 0.102. The third kappa shape index (κ3) is 2.48. The Bertz CT molecular complexity index is 559. The number of hydrogen-bond donors (Lipinski definition) is 2. The van der Waals surface area contributed by atoms with Crippen LogP contribution in [0.1, 0.15) is 20.9 Å². The van der Waals surface area contributed by atoms with E-state index in [9.17, 15) is 4.79 Å². The zero-order valence-electron chi connectivity index (χ0n) is 10.4. The molecule has 1 amide bonds. The van der Waals surface area contributed by atoms with Gasteiger partial charge < -0.3 is 10.6 Å². The molecular formula is C12H14N4OS. The van der Waals surface area contributed by atoms with E-state index in [0.29, 0.717) is 10.1 Å². The number of anilines is 2. The first kappa shape index (κ1) is 12.5. The molecule has 0 radical (unpaired) electrons. The third-order valence-corrected chi connectivity index (χ3v) is 3.49. The van der Waals surface area contributed by atoms with E-state index < -0.39 is 0 Å². The highest BCUT2D eigenvalue weighted by Crippen LogP contribution is 2.21. The van der Waals surface area contributed by atoms with Crippen LogP contribution in [0.4, 0.5) is 10.8 Å². The number of aryl methyl sites for hydroxylation is 2. The van der Waals surface area contributed by atoms with Gasteiger partial charge in [-0.05, 0) is 25.0 Å². The molecule has 5 nitrogen and oxygen atoms in total. The smallest absolute Gasteiger partial charge is 0.286 e. The van der Waals surface area contributed by atoms with Crippen molar-refractivity contribution in [1.29, 1.82) is 0 Å². The summed E-state index contributed by atoms with van der Waals surface area (Å²) in [7, 11) is 1.74. The van der Waals surface area contributed by atoms with Gasteiger partial charge in [0.25, 0.3) is 5.91 Å². The highest BCUT2D eigenvalue weighted by Gasteiger charge is 2.14. The Labute approximate surface area is 109 Å². The monoisotopic (exact) mass is 262 g/mol. The predicted octanol–water partition coefficient (Wildman–Crippen LogP) is 2.45. The minimum atomic E-state index is -0.230. The minimum Gasteiger partial charge on any atom is -0.363 e. The van der Waals surface area contributed by atoms with Crippen LogP contribution in [-0.4, -0.2) is 23.2 Å². The first-order valence-corrected chi connectivity index (χ1v) is 6.32. The van der Waals surface area contributed by atoms with E-state index in [1.165, 1.54) is 11.3 Å². The average Bonchev–Trinajstić information content (AvgIpc) is 2.82. The first-order valence-electron chi connectivity index (χ1n) is 5.50. The van der Waals surface area contributed by atoms with Gasteiger partial charge in [0, 0.05) is 12.7 Å². The number of carbonyl (C=O) groups excluding carboxylic acids is 1. The van der Waals surface area contributed by atoms with Crippen LogP contribution in [-0.2, 0) is 0 Å². The number of para-hydroxylation sites is 1. The molecule has 0 atom stereocenters. The quantitative estimate of drug-likeness (QED) is 0.891. The van der Waals surface area contributed by atoms with Gasteiger partial charge in [-0.2, -0.15) is 0 Å². The highest BCUT2D eigenvalue weighted by molar-refractivity contribution is 7.17. The molecular weight excluding hydrogens is 248 g/mol. The Morgan fingerprint density at radius 2 is 1.89 bits per heavy atom. The third-order valence-electron chi connectivity index (χ3n) is 2.55. The minimum absolute atomic E-state index is 0.230. The molecule has 18 heavy (non-hydrogen) atoms. The molecule has 6 heteroatoms. The molecule has 94 valence electrons. The van der Waals surface area contributed by atoms with E-state index in [0.717, 1.165) is 16.8 Å². The van der Waals surface area contributed by atoms with Gasteiger partial charge in [0.1, 0.15) is 0 Å². The van der Waals surface area contributed by atoms with Crippen LogP contribution in [0.25, 0.3) is 0 Å². The van der Waals surface area contributed by atoms with E-state index in [1.807, 2.05) is 32.0 Å². The van der Waals surface area contributed by atoms with Crippen molar-refractivity contribution in [2.45, 2.75) is 13.8 Å². The van der Waals surface area contributed by atoms with Crippen LogP contribution in [0.2, 0.25) is 0 Å². The molecule has 0 saturated heterocycles. The van der Waals surface area contributed by atoms with Crippen molar-refractivity contribution < 1.29 is 4.79 Å². The van der Waals surface area contributed by atoms with E-state index in [4.69, 9.17) is 0 Å². The van der Waals surface area contributed by atoms with Crippen molar-refractivity contribution in [2.24, 2.45) is 0 Å².